The van der Waals surface area contributed by atoms with Crippen LogP contribution in [0.25, 0.3) is 0 Å². The summed E-state index contributed by atoms with van der Waals surface area (Å²) in [6, 6.07) is 6.38. The molecule has 9 nitrogen and oxygen atoms in total. The lowest BCUT2D eigenvalue weighted by Crippen LogP contribution is -2.33. The van der Waals surface area contributed by atoms with E-state index in [1.807, 2.05) is 11.0 Å². The number of thiophene rings is 1. The van der Waals surface area contributed by atoms with Gasteiger partial charge in [0, 0.05) is 24.7 Å². The highest BCUT2D eigenvalue weighted by molar-refractivity contribution is 7.18. The van der Waals surface area contributed by atoms with E-state index < -0.39 is 16.8 Å². The summed E-state index contributed by atoms with van der Waals surface area (Å²) < 4.78 is 5.00. The number of anilines is 2. The number of hydrogen-bond acceptors (Lipinski definition) is 8. The predicted molar refractivity (Wildman–Crippen MR) is 121 cm³/mol. The second-order valence-electron chi connectivity index (χ2n) is 7.68. The number of nitro benzene ring substituents is 1. The van der Waals surface area contributed by atoms with Gasteiger partial charge in [-0.15, -0.1) is 11.3 Å². The van der Waals surface area contributed by atoms with Gasteiger partial charge in [-0.05, 0) is 50.3 Å². The van der Waals surface area contributed by atoms with Crippen LogP contribution >= 0.6 is 11.3 Å². The summed E-state index contributed by atoms with van der Waals surface area (Å²) in [7, 11) is 0. The number of nitrogens with zero attached hydrogens (tertiary/aromatic N) is 3. The van der Waals surface area contributed by atoms with Gasteiger partial charge < -0.3 is 15.0 Å². The predicted octanol–water partition coefficient (Wildman–Crippen LogP) is 4.50. The normalized spacial score (nSPS) is 14.0. The second-order valence-corrected chi connectivity index (χ2v) is 8.70. The molecule has 1 aromatic heterocycles. The molecular weight excluding hydrogens is 432 g/mol. The Balaban J connectivity index is 1.88. The molecule has 0 bridgehead atoms. The third-order valence-corrected chi connectivity index (χ3v) is 6.69. The van der Waals surface area contributed by atoms with Crippen molar-refractivity contribution in [2.24, 2.45) is 5.92 Å². The summed E-state index contributed by atoms with van der Waals surface area (Å²) in [6.45, 7) is 7.08. The Morgan fingerprint density at radius 2 is 2.06 bits per heavy atom. The highest BCUT2D eigenvalue weighted by Crippen LogP contribution is 2.35. The van der Waals surface area contributed by atoms with Crippen molar-refractivity contribution in [2.75, 3.05) is 29.9 Å². The quantitative estimate of drug-likeness (QED) is 0.385. The standard InChI is InChI=1S/C22H24N4O5S/c1-4-31-22(28)19-14(3)16(12-23)21(32-19)24-20(27)15-5-6-17(18(11-15)26(29)30)25-9-7-13(2)8-10-25/h5-6,11,13H,4,7-10H2,1-3H3,(H,24,27). The fraction of sp³-hybridized carbons (Fsp3) is 0.409. The molecule has 1 N–H and O–H groups in total. The van der Waals surface area contributed by atoms with Gasteiger partial charge in [-0.1, -0.05) is 6.92 Å². The first-order chi connectivity index (χ1) is 15.3. The molecule has 0 radical (unpaired) electrons. The van der Waals surface area contributed by atoms with Crippen LogP contribution in [0.2, 0.25) is 0 Å². The van der Waals surface area contributed by atoms with Crippen LogP contribution in [0.4, 0.5) is 16.4 Å². The van der Waals surface area contributed by atoms with Gasteiger partial charge in [0.25, 0.3) is 11.6 Å². The van der Waals surface area contributed by atoms with Crippen LogP contribution in [0, 0.1) is 34.3 Å². The Labute approximate surface area is 189 Å². The number of nitro groups is 1. The maximum absolute atomic E-state index is 12.8. The summed E-state index contributed by atoms with van der Waals surface area (Å²) in [6.07, 6.45) is 1.91. The molecule has 1 aromatic carbocycles. The zero-order valence-corrected chi connectivity index (χ0v) is 19.0. The van der Waals surface area contributed by atoms with Crippen LogP contribution in [-0.4, -0.2) is 36.5 Å². The molecular formula is C22H24N4O5S. The number of amides is 1. The van der Waals surface area contributed by atoms with Crippen LogP contribution < -0.4 is 10.2 Å². The van der Waals surface area contributed by atoms with Gasteiger partial charge in [0.05, 0.1) is 17.1 Å². The van der Waals surface area contributed by atoms with Crippen molar-refractivity contribution in [2.45, 2.75) is 33.6 Å². The van der Waals surface area contributed by atoms with Crippen LogP contribution in [0.15, 0.2) is 18.2 Å². The number of carbonyl (C=O) groups is 2. The van der Waals surface area contributed by atoms with Crippen molar-refractivity contribution >= 4 is 39.6 Å². The Kier molecular flexibility index (Phi) is 7.10. The number of piperidine rings is 1. The number of nitrogens with one attached hydrogen (secondary N) is 1. The molecule has 168 valence electrons. The summed E-state index contributed by atoms with van der Waals surface area (Å²) in [5.74, 6) is -0.582. The van der Waals surface area contributed by atoms with Crippen molar-refractivity contribution in [3.05, 3.63) is 49.9 Å². The SMILES string of the molecule is CCOC(=O)c1sc(NC(=O)c2ccc(N3CCC(C)CC3)c([N+](=O)[O-])c2)c(C#N)c1C. The highest BCUT2D eigenvalue weighted by Gasteiger charge is 2.26. The molecule has 3 rings (SSSR count). The van der Waals surface area contributed by atoms with E-state index >= 15 is 0 Å². The van der Waals surface area contributed by atoms with Gasteiger partial charge >= 0.3 is 5.97 Å². The molecule has 0 atom stereocenters. The van der Waals surface area contributed by atoms with Crippen molar-refractivity contribution < 1.29 is 19.2 Å². The average Bonchev–Trinajstić information content (AvgIpc) is 3.09. The number of benzene rings is 1. The Hall–Kier alpha value is -3.45. The van der Waals surface area contributed by atoms with Gasteiger partial charge in [0.15, 0.2) is 0 Å². The fourth-order valence-corrected chi connectivity index (χ4v) is 4.68. The molecule has 2 aromatic rings. The van der Waals surface area contributed by atoms with Crippen LogP contribution in [0.3, 0.4) is 0 Å². The van der Waals surface area contributed by atoms with E-state index in [2.05, 4.69) is 12.2 Å². The zero-order chi connectivity index (χ0) is 23.4. The first-order valence-electron chi connectivity index (χ1n) is 10.3. The second kappa shape index (κ2) is 9.78. The van der Waals surface area contributed by atoms with Gasteiger partial charge in [-0.2, -0.15) is 5.26 Å². The minimum atomic E-state index is -0.597. The van der Waals surface area contributed by atoms with Crippen LogP contribution in [0.5, 0.6) is 0 Å². The third kappa shape index (κ3) is 4.73. The molecule has 0 saturated carbocycles. The lowest BCUT2D eigenvalue weighted by molar-refractivity contribution is -0.384. The molecule has 1 fully saturated rings. The Morgan fingerprint density at radius 1 is 1.38 bits per heavy atom. The Morgan fingerprint density at radius 3 is 2.66 bits per heavy atom. The topological polar surface area (TPSA) is 126 Å². The monoisotopic (exact) mass is 456 g/mol. The summed E-state index contributed by atoms with van der Waals surface area (Å²) in [5, 5.41) is 24.0. The maximum Gasteiger partial charge on any atom is 0.348 e. The Bertz CT molecular complexity index is 1100. The largest absolute Gasteiger partial charge is 0.462 e. The first kappa shape index (κ1) is 23.2. The molecule has 0 spiro atoms. The molecule has 1 saturated heterocycles. The van der Waals surface area contributed by atoms with Gasteiger partial charge in [0.2, 0.25) is 0 Å². The molecule has 2 heterocycles. The summed E-state index contributed by atoms with van der Waals surface area (Å²) in [5.41, 5.74) is 1.04. The molecule has 10 heteroatoms. The van der Waals surface area contributed by atoms with Crippen LogP contribution in [-0.2, 0) is 4.74 Å². The van der Waals surface area contributed by atoms with Crippen molar-refractivity contribution in [1.29, 1.82) is 5.26 Å². The van der Waals surface area contributed by atoms with E-state index in [0.717, 1.165) is 37.3 Å². The number of esters is 1. The minimum absolute atomic E-state index is 0.0958. The summed E-state index contributed by atoms with van der Waals surface area (Å²) >= 11 is 0.947. The van der Waals surface area contributed by atoms with E-state index in [9.17, 15) is 25.0 Å². The zero-order valence-electron chi connectivity index (χ0n) is 18.1. The van der Waals surface area contributed by atoms with E-state index in [1.165, 1.54) is 12.1 Å². The molecule has 0 aliphatic carbocycles. The number of rotatable bonds is 6. The molecule has 1 aliphatic rings. The van der Waals surface area contributed by atoms with Gasteiger partial charge in [-0.3, -0.25) is 14.9 Å². The smallest absolute Gasteiger partial charge is 0.348 e. The average molecular weight is 457 g/mol. The van der Waals surface area contributed by atoms with E-state index in [-0.39, 0.29) is 33.3 Å². The van der Waals surface area contributed by atoms with Crippen LogP contribution in [0.1, 0.15) is 57.8 Å². The molecule has 1 aliphatic heterocycles. The van der Waals surface area contributed by atoms with E-state index in [1.54, 1.807) is 19.9 Å². The lowest BCUT2D eigenvalue weighted by atomic mass is 9.98. The minimum Gasteiger partial charge on any atom is -0.462 e. The number of carbonyl (C=O) groups excluding carboxylic acids is 2. The molecule has 32 heavy (non-hydrogen) atoms. The van der Waals surface area contributed by atoms with E-state index in [4.69, 9.17) is 4.74 Å². The van der Waals surface area contributed by atoms with Crippen molar-refractivity contribution in [3.63, 3.8) is 0 Å². The number of nitriles is 1. The van der Waals surface area contributed by atoms with Gasteiger partial charge in [-0.25, -0.2) is 4.79 Å². The molecule has 1 amide bonds. The molecule has 0 unspecified atom stereocenters. The lowest BCUT2D eigenvalue weighted by Gasteiger charge is -2.31. The first-order valence-corrected chi connectivity index (χ1v) is 11.1. The van der Waals surface area contributed by atoms with E-state index in [0.29, 0.717) is 17.2 Å². The summed E-state index contributed by atoms with van der Waals surface area (Å²) in [4.78, 5) is 38.4. The number of hydrogen-bond donors (Lipinski definition) is 1. The third-order valence-electron chi connectivity index (χ3n) is 5.51. The maximum atomic E-state index is 12.8. The fourth-order valence-electron chi connectivity index (χ4n) is 3.63. The highest BCUT2D eigenvalue weighted by atomic mass is 32.1. The number of ether oxygens (including phenoxy) is 1. The van der Waals surface area contributed by atoms with Crippen molar-refractivity contribution in [1.82, 2.24) is 0 Å². The van der Waals surface area contributed by atoms with Gasteiger partial charge in [0.1, 0.15) is 21.6 Å². The van der Waals surface area contributed by atoms with Crippen molar-refractivity contribution in [3.8, 4) is 6.07 Å².